The second-order valence-corrected chi connectivity index (χ2v) is 8.84. The van der Waals surface area contributed by atoms with Crippen molar-refractivity contribution >= 4 is 23.4 Å². The molecule has 1 aromatic heterocycles. The Morgan fingerprint density at radius 2 is 2.08 bits per heavy atom. The molecule has 0 radical (unpaired) electrons. The third-order valence-electron chi connectivity index (χ3n) is 3.29. The maximum Gasteiger partial charge on any atom is 0.307 e. The van der Waals surface area contributed by atoms with Gasteiger partial charge in [0.2, 0.25) is 0 Å². The van der Waals surface area contributed by atoms with Gasteiger partial charge in [0, 0.05) is 29.3 Å². The van der Waals surface area contributed by atoms with Gasteiger partial charge in [0.1, 0.15) is 4.75 Å². The molecule has 0 bridgehead atoms. The van der Waals surface area contributed by atoms with Crippen LogP contribution in [0.5, 0.6) is 0 Å². The van der Waals surface area contributed by atoms with E-state index in [-0.39, 0.29) is 12.4 Å². The summed E-state index contributed by atoms with van der Waals surface area (Å²) in [5.41, 5.74) is 0.836. The highest BCUT2D eigenvalue weighted by atomic mass is 32.2. The molecule has 0 saturated heterocycles. The molecule has 1 heterocycles. The van der Waals surface area contributed by atoms with Crippen molar-refractivity contribution in [2.75, 3.05) is 7.11 Å². The number of hydrogen-bond donors (Lipinski definition) is 1. The smallest absolute Gasteiger partial charge is 0.307 e. The average Bonchev–Trinajstić information content (AvgIpc) is 2.52. The van der Waals surface area contributed by atoms with Gasteiger partial charge in [0.05, 0.1) is 19.1 Å². The number of esters is 1. The Bertz CT molecular complexity index is 686. The highest BCUT2D eigenvalue weighted by molar-refractivity contribution is 7.90. The molecule has 0 spiro atoms. The predicted molar refractivity (Wildman–Crippen MR) is 102 cm³/mol. The highest BCUT2D eigenvalue weighted by Gasteiger charge is 2.36. The highest BCUT2D eigenvalue weighted by Crippen LogP contribution is 2.22. The fourth-order valence-corrected chi connectivity index (χ4v) is 2.78. The van der Waals surface area contributed by atoms with E-state index in [1.54, 1.807) is 19.3 Å². The Morgan fingerprint density at radius 1 is 1.40 bits per heavy atom. The number of ether oxygens (including phenoxy) is 1. The number of carbonyl (C=O) groups excluding carboxylic acids is 1. The third kappa shape index (κ3) is 7.30. The van der Waals surface area contributed by atoms with E-state index in [9.17, 15) is 9.35 Å². The van der Waals surface area contributed by atoms with Crippen LogP contribution in [0.4, 0.5) is 0 Å². The van der Waals surface area contributed by atoms with Crippen LogP contribution in [0.3, 0.4) is 0 Å². The Kier molecular flexibility index (Phi) is 7.68. The molecule has 1 N–H and O–H groups in total. The van der Waals surface area contributed by atoms with Crippen molar-refractivity contribution in [3.05, 3.63) is 35.7 Å². The quantitative estimate of drug-likeness (QED) is 0.478. The summed E-state index contributed by atoms with van der Waals surface area (Å²) < 4.78 is 19.8. The van der Waals surface area contributed by atoms with E-state index in [4.69, 9.17) is 4.74 Å². The van der Waals surface area contributed by atoms with Crippen molar-refractivity contribution in [1.29, 1.82) is 0 Å². The van der Waals surface area contributed by atoms with E-state index in [1.807, 2.05) is 45.9 Å². The lowest BCUT2D eigenvalue weighted by Crippen LogP contribution is -2.51. The zero-order valence-electron chi connectivity index (χ0n) is 15.7. The molecule has 1 aromatic rings. The summed E-state index contributed by atoms with van der Waals surface area (Å²) >= 11 is -1.34. The molecule has 6 heteroatoms. The first-order valence-corrected chi connectivity index (χ1v) is 9.08. The number of aromatic nitrogens is 1. The van der Waals surface area contributed by atoms with Crippen molar-refractivity contribution in [2.45, 2.75) is 51.3 Å². The molecule has 0 aromatic carbocycles. The van der Waals surface area contributed by atoms with Crippen LogP contribution >= 0.6 is 0 Å². The maximum atomic E-state index is 12.5. The van der Waals surface area contributed by atoms with E-state index in [2.05, 4.69) is 21.5 Å². The van der Waals surface area contributed by atoms with Crippen molar-refractivity contribution < 1.29 is 14.1 Å². The Hall–Kier alpha value is -1.81. The van der Waals surface area contributed by atoms with Gasteiger partial charge in [-0.3, -0.25) is 9.78 Å². The van der Waals surface area contributed by atoms with Crippen LogP contribution in [0.15, 0.2) is 24.5 Å². The van der Waals surface area contributed by atoms with Crippen LogP contribution in [0.1, 0.15) is 52.2 Å². The van der Waals surface area contributed by atoms with Crippen molar-refractivity contribution in [3.63, 3.8) is 0 Å². The SMILES string of the molecule is CC#Cc1cncc(/C=C/[C@@](C)(CC(=O)OC)N[S+]([O-])C(C)(C)C)c1. The summed E-state index contributed by atoms with van der Waals surface area (Å²) in [5.74, 6) is 5.41. The first-order valence-electron chi connectivity index (χ1n) is 7.93. The fraction of sp³-hybridized carbons (Fsp3) is 0.474. The summed E-state index contributed by atoms with van der Waals surface area (Å²) in [5, 5.41) is 0. The number of hydrogen-bond acceptors (Lipinski definition) is 5. The molecule has 1 rings (SSSR count). The standard InChI is InChI=1S/C19H26N2O3S/c1-7-8-15-11-16(14-20-13-15)9-10-19(5,12-17(22)24-6)21-25(23)18(2,3)4/h9-11,13-14,21H,12H2,1-6H3/b10-9+/t19-,25?/m0/s1. The maximum absolute atomic E-state index is 12.5. The second kappa shape index (κ2) is 9.04. The van der Waals surface area contributed by atoms with Gasteiger partial charge in [0.25, 0.3) is 0 Å². The van der Waals surface area contributed by atoms with Crippen LogP contribution in [-0.4, -0.2) is 32.9 Å². The zero-order chi connectivity index (χ0) is 19.1. The molecular weight excluding hydrogens is 336 g/mol. The minimum atomic E-state index is -1.34. The first-order chi connectivity index (χ1) is 11.6. The molecule has 2 atom stereocenters. The molecule has 0 aliphatic heterocycles. The first kappa shape index (κ1) is 21.2. The summed E-state index contributed by atoms with van der Waals surface area (Å²) in [6.45, 7) is 9.19. The molecule has 0 aliphatic carbocycles. The number of nitrogens with one attached hydrogen (secondary N) is 1. The molecule has 0 aliphatic rings. The lowest BCUT2D eigenvalue weighted by Gasteiger charge is -2.32. The van der Waals surface area contributed by atoms with Gasteiger partial charge in [-0.2, -0.15) is 0 Å². The minimum Gasteiger partial charge on any atom is -0.598 e. The molecule has 0 fully saturated rings. The number of rotatable bonds is 6. The van der Waals surface area contributed by atoms with Crippen molar-refractivity contribution in [2.24, 2.45) is 0 Å². The van der Waals surface area contributed by atoms with Crippen molar-refractivity contribution in [1.82, 2.24) is 9.71 Å². The molecule has 136 valence electrons. The van der Waals surface area contributed by atoms with Gasteiger partial charge in [0.15, 0.2) is 0 Å². The zero-order valence-corrected chi connectivity index (χ0v) is 16.5. The Labute approximate surface area is 153 Å². The lowest BCUT2D eigenvalue weighted by molar-refractivity contribution is -0.141. The van der Waals surface area contributed by atoms with Crippen molar-refractivity contribution in [3.8, 4) is 11.8 Å². The largest absolute Gasteiger partial charge is 0.598 e. The van der Waals surface area contributed by atoms with Gasteiger partial charge in [-0.25, -0.2) is 0 Å². The van der Waals surface area contributed by atoms with Gasteiger partial charge in [-0.15, -0.1) is 10.6 Å². The van der Waals surface area contributed by atoms with Gasteiger partial charge < -0.3 is 9.29 Å². The predicted octanol–water partition coefficient (Wildman–Crippen LogP) is 2.84. The number of methoxy groups -OCH3 is 1. The Morgan fingerprint density at radius 3 is 2.64 bits per heavy atom. The van der Waals surface area contributed by atoms with E-state index >= 15 is 0 Å². The van der Waals surface area contributed by atoms with Crippen LogP contribution in [0.2, 0.25) is 0 Å². The normalized spacial score (nSPS) is 15.2. The fourth-order valence-electron chi connectivity index (χ4n) is 1.91. The number of carbonyl (C=O) groups is 1. The van der Waals surface area contributed by atoms with E-state index < -0.39 is 21.6 Å². The summed E-state index contributed by atoms with van der Waals surface area (Å²) in [6, 6.07) is 1.90. The number of pyridine rings is 1. The summed E-state index contributed by atoms with van der Waals surface area (Å²) in [7, 11) is 1.34. The third-order valence-corrected chi connectivity index (χ3v) is 5.06. The minimum absolute atomic E-state index is 0.0592. The van der Waals surface area contributed by atoms with Crippen LogP contribution in [0, 0.1) is 11.8 Å². The van der Waals surface area contributed by atoms with E-state index in [0.29, 0.717) is 0 Å². The van der Waals surface area contributed by atoms with Gasteiger partial charge >= 0.3 is 5.97 Å². The van der Waals surface area contributed by atoms with Crippen LogP contribution in [0.25, 0.3) is 6.08 Å². The van der Waals surface area contributed by atoms with E-state index in [0.717, 1.165) is 11.1 Å². The van der Waals surface area contributed by atoms with Crippen LogP contribution in [-0.2, 0) is 20.9 Å². The molecule has 0 amide bonds. The topological polar surface area (TPSA) is 74.3 Å². The van der Waals surface area contributed by atoms with Gasteiger partial charge in [-0.1, -0.05) is 18.1 Å². The van der Waals surface area contributed by atoms with Crippen LogP contribution < -0.4 is 4.72 Å². The monoisotopic (exact) mass is 362 g/mol. The molecule has 0 saturated carbocycles. The molecule has 25 heavy (non-hydrogen) atoms. The van der Waals surface area contributed by atoms with Gasteiger partial charge in [-0.05, 0) is 46.2 Å². The summed E-state index contributed by atoms with van der Waals surface area (Å²) in [6.07, 6.45) is 7.10. The second-order valence-electron chi connectivity index (χ2n) is 6.87. The molecule has 1 unspecified atom stereocenters. The lowest BCUT2D eigenvalue weighted by atomic mass is 9.97. The molecule has 5 nitrogen and oxygen atoms in total. The Balaban J connectivity index is 3.08. The van der Waals surface area contributed by atoms with E-state index in [1.165, 1.54) is 7.11 Å². The average molecular weight is 362 g/mol. The summed E-state index contributed by atoms with van der Waals surface area (Å²) in [4.78, 5) is 15.9. The molecular formula is C19H26N2O3S. The number of nitrogens with zero attached hydrogens (tertiary/aromatic N) is 1.